The fourth-order valence-electron chi connectivity index (χ4n) is 2.41. The Hall–Kier alpha value is -2.19. The highest BCUT2D eigenvalue weighted by molar-refractivity contribution is 5.81. The summed E-state index contributed by atoms with van der Waals surface area (Å²) in [6, 6.07) is 21.0. The molecule has 0 bridgehead atoms. The van der Waals surface area contributed by atoms with Crippen molar-refractivity contribution in [3.05, 3.63) is 78.0 Å². The zero-order valence-corrected chi connectivity index (χ0v) is 11.4. The number of hydrogen-bond donors (Lipinski definition) is 1. The minimum absolute atomic E-state index is 0.862. The quantitative estimate of drug-likeness (QED) is 0.711. The van der Waals surface area contributed by atoms with Crippen LogP contribution in [0.2, 0.25) is 0 Å². The van der Waals surface area contributed by atoms with Crippen LogP contribution in [-0.2, 0) is 13.0 Å². The summed E-state index contributed by atoms with van der Waals surface area (Å²) < 4.78 is 0. The first kappa shape index (κ1) is 12.8. The van der Waals surface area contributed by atoms with Crippen molar-refractivity contribution < 1.29 is 0 Å². The van der Waals surface area contributed by atoms with E-state index in [0.29, 0.717) is 0 Å². The Kier molecular flexibility index (Phi) is 4.04. The minimum atomic E-state index is 0.862. The van der Waals surface area contributed by atoms with E-state index in [4.69, 9.17) is 0 Å². The minimum Gasteiger partial charge on any atom is -0.312 e. The first-order valence-corrected chi connectivity index (χ1v) is 7.01. The molecule has 100 valence electrons. The van der Waals surface area contributed by atoms with Crippen molar-refractivity contribution in [1.29, 1.82) is 0 Å². The number of rotatable bonds is 5. The zero-order valence-electron chi connectivity index (χ0n) is 11.4. The zero-order chi connectivity index (χ0) is 13.6. The number of nitrogens with zero attached hydrogens (tertiary/aromatic N) is 1. The predicted molar refractivity (Wildman–Crippen MR) is 83.6 cm³/mol. The van der Waals surface area contributed by atoms with E-state index in [-0.39, 0.29) is 0 Å². The maximum absolute atomic E-state index is 4.48. The van der Waals surface area contributed by atoms with Crippen molar-refractivity contribution in [2.45, 2.75) is 13.0 Å². The van der Waals surface area contributed by atoms with Gasteiger partial charge < -0.3 is 5.32 Å². The molecular weight excluding hydrogens is 244 g/mol. The van der Waals surface area contributed by atoms with Gasteiger partial charge >= 0.3 is 0 Å². The van der Waals surface area contributed by atoms with E-state index >= 15 is 0 Å². The molecule has 20 heavy (non-hydrogen) atoms. The fraction of sp³-hybridized carbons (Fsp3) is 0.167. The Morgan fingerprint density at radius 3 is 2.60 bits per heavy atom. The maximum Gasteiger partial charge on any atom is 0.0746 e. The highest BCUT2D eigenvalue weighted by Crippen LogP contribution is 2.15. The number of nitrogens with one attached hydrogen (secondary N) is 1. The van der Waals surface area contributed by atoms with Gasteiger partial charge in [0.1, 0.15) is 0 Å². The lowest BCUT2D eigenvalue weighted by Crippen LogP contribution is -2.17. The Bertz CT molecular complexity index is 672. The molecule has 0 aliphatic heterocycles. The van der Waals surface area contributed by atoms with Gasteiger partial charge in [-0.1, -0.05) is 54.6 Å². The summed E-state index contributed by atoms with van der Waals surface area (Å²) in [5.74, 6) is 0. The molecule has 0 aliphatic carbocycles. The number of pyridine rings is 1. The largest absolute Gasteiger partial charge is 0.312 e. The maximum atomic E-state index is 4.48. The van der Waals surface area contributed by atoms with Crippen molar-refractivity contribution in [3.8, 4) is 0 Å². The number of benzene rings is 2. The number of para-hydroxylation sites is 1. The molecule has 1 heterocycles. The summed E-state index contributed by atoms with van der Waals surface area (Å²) in [4.78, 5) is 4.48. The molecule has 3 aromatic rings. The lowest BCUT2D eigenvalue weighted by molar-refractivity contribution is 0.689. The van der Waals surface area contributed by atoms with Gasteiger partial charge in [-0.2, -0.15) is 0 Å². The third kappa shape index (κ3) is 3.03. The molecule has 1 N–H and O–H groups in total. The fourth-order valence-corrected chi connectivity index (χ4v) is 2.41. The Morgan fingerprint density at radius 2 is 1.70 bits per heavy atom. The van der Waals surface area contributed by atoms with Gasteiger partial charge in [0.2, 0.25) is 0 Å². The molecule has 3 rings (SSSR count). The van der Waals surface area contributed by atoms with Gasteiger partial charge in [0, 0.05) is 18.1 Å². The monoisotopic (exact) mass is 262 g/mol. The van der Waals surface area contributed by atoms with Crippen LogP contribution < -0.4 is 5.32 Å². The first-order chi connectivity index (χ1) is 9.93. The number of aromatic nitrogens is 1. The van der Waals surface area contributed by atoms with Crippen molar-refractivity contribution >= 4 is 10.9 Å². The van der Waals surface area contributed by atoms with Crippen LogP contribution in [0, 0.1) is 0 Å². The summed E-state index contributed by atoms with van der Waals surface area (Å²) in [5.41, 5.74) is 3.73. The van der Waals surface area contributed by atoms with Gasteiger partial charge in [-0.05, 0) is 30.2 Å². The second-order valence-corrected chi connectivity index (χ2v) is 4.90. The summed E-state index contributed by atoms with van der Waals surface area (Å²) >= 11 is 0. The molecule has 0 saturated heterocycles. The molecule has 0 aliphatic rings. The molecule has 0 spiro atoms. The molecule has 0 amide bonds. The molecule has 2 heteroatoms. The topological polar surface area (TPSA) is 24.9 Å². The van der Waals surface area contributed by atoms with E-state index in [0.717, 1.165) is 25.0 Å². The van der Waals surface area contributed by atoms with Crippen LogP contribution in [0.15, 0.2) is 66.9 Å². The molecular formula is C18H18N2. The van der Waals surface area contributed by atoms with Crippen LogP contribution >= 0.6 is 0 Å². The lowest BCUT2D eigenvalue weighted by atomic mass is 10.1. The van der Waals surface area contributed by atoms with Crippen molar-refractivity contribution in [3.63, 3.8) is 0 Å². The standard InChI is InChI=1S/C18H18N2/c1-2-6-15(7-3-1)11-13-19-14-17-9-4-8-16-10-5-12-20-18(16)17/h1-10,12,19H,11,13-14H2. The van der Waals surface area contributed by atoms with Crippen molar-refractivity contribution in [2.24, 2.45) is 0 Å². The van der Waals surface area contributed by atoms with Crippen LogP contribution in [0.5, 0.6) is 0 Å². The average molecular weight is 262 g/mol. The van der Waals surface area contributed by atoms with E-state index in [2.05, 4.69) is 64.9 Å². The molecule has 0 atom stereocenters. The van der Waals surface area contributed by atoms with Gasteiger partial charge in [-0.3, -0.25) is 4.98 Å². The predicted octanol–water partition coefficient (Wildman–Crippen LogP) is 3.57. The molecule has 0 unspecified atom stereocenters. The third-order valence-corrected chi connectivity index (χ3v) is 3.47. The summed E-state index contributed by atoms with van der Waals surface area (Å²) in [5, 5.41) is 4.71. The van der Waals surface area contributed by atoms with Gasteiger partial charge in [0.15, 0.2) is 0 Å². The van der Waals surface area contributed by atoms with Crippen molar-refractivity contribution in [1.82, 2.24) is 10.3 Å². The third-order valence-electron chi connectivity index (χ3n) is 3.47. The van der Waals surface area contributed by atoms with Gasteiger partial charge in [-0.15, -0.1) is 0 Å². The average Bonchev–Trinajstić information content (AvgIpc) is 2.53. The Balaban J connectivity index is 1.60. The van der Waals surface area contributed by atoms with Crippen LogP contribution in [0.3, 0.4) is 0 Å². The number of fused-ring (bicyclic) bond motifs is 1. The Labute approximate surface area is 119 Å². The molecule has 2 aromatic carbocycles. The van der Waals surface area contributed by atoms with Crippen LogP contribution in [0.1, 0.15) is 11.1 Å². The molecule has 1 aromatic heterocycles. The molecule has 0 fully saturated rings. The Morgan fingerprint density at radius 1 is 0.850 bits per heavy atom. The second kappa shape index (κ2) is 6.31. The summed E-state index contributed by atoms with van der Waals surface area (Å²) in [7, 11) is 0. The normalized spacial score (nSPS) is 10.8. The van der Waals surface area contributed by atoms with E-state index in [1.165, 1.54) is 16.5 Å². The van der Waals surface area contributed by atoms with Gasteiger partial charge in [0.25, 0.3) is 0 Å². The smallest absolute Gasteiger partial charge is 0.0746 e. The lowest BCUT2D eigenvalue weighted by Gasteiger charge is -2.07. The molecule has 0 saturated carbocycles. The first-order valence-electron chi connectivity index (χ1n) is 7.01. The highest BCUT2D eigenvalue weighted by atomic mass is 14.8. The molecule has 2 nitrogen and oxygen atoms in total. The van der Waals surface area contributed by atoms with Gasteiger partial charge in [-0.25, -0.2) is 0 Å². The molecule has 0 radical (unpaired) electrons. The van der Waals surface area contributed by atoms with Crippen LogP contribution in [0.25, 0.3) is 10.9 Å². The second-order valence-electron chi connectivity index (χ2n) is 4.90. The van der Waals surface area contributed by atoms with Crippen LogP contribution in [-0.4, -0.2) is 11.5 Å². The van der Waals surface area contributed by atoms with Gasteiger partial charge in [0.05, 0.1) is 5.52 Å². The van der Waals surface area contributed by atoms with E-state index < -0.39 is 0 Å². The SMILES string of the molecule is c1ccc(CCNCc2cccc3cccnc23)cc1. The highest BCUT2D eigenvalue weighted by Gasteiger charge is 2.00. The van der Waals surface area contributed by atoms with E-state index in [1.807, 2.05) is 12.3 Å². The summed E-state index contributed by atoms with van der Waals surface area (Å²) in [6.45, 7) is 1.84. The summed E-state index contributed by atoms with van der Waals surface area (Å²) in [6.07, 6.45) is 2.91. The van der Waals surface area contributed by atoms with Crippen molar-refractivity contribution in [2.75, 3.05) is 6.54 Å². The van der Waals surface area contributed by atoms with E-state index in [1.54, 1.807) is 0 Å². The van der Waals surface area contributed by atoms with Crippen LogP contribution in [0.4, 0.5) is 0 Å². The van der Waals surface area contributed by atoms with E-state index in [9.17, 15) is 0 Å². The number of hydrogen-bond acceptors (Lipinski definition) is 2.